The molecule has 0 unspecified atom stereocenters. The fourth-order valence-electron chi connectivity index (χ4n) is 3.16. The van der Waals surface area contributed by atoms with E-state index in [-0.39, 0.29) is 11.7 Å². The summed E-state index contributed by atoms with van der Waals surface area (Å²) < 4.78 is 0. The Hall–Kier alpha value is -3.40. The van der Waals surface area contributed by atoms with Gasteiger partial charge in [-0.05, 0) is 69.5 Å². The Kier molecular flexibility index (Phi) is 6.13. The maximum atomic E-state index is 13.1. The number of anilines is 2. The van der Waals surface area contributed by atoms with Gasteiger partial charge < -0.3 is 10.6 Å². The third-order valence-electron chi connectivity index (χ3n) is 4.83. The molecular weight excluding hydrogens is 358 g/mol. The Morgan fingerprint density at radius 1 is 0.690 bits per heavy atom. The van der Waals surface area contributed by atoms with Crippen LogP contribution in [0.5, 0.6) is 0 Å². The van der Waals surface area contributed by atoms with Crippen LogP contribution in [-0.2, 0) is 4.79 Å². The van der Waals surface area contributed by atoms with Crippen LogP contribution in [0.4, 0.5) is 17.1 Å². The number of nitrogens with zero attached hydrogens (tertiary/aromatic N) is 1. The predicted octanol–water partition coefficient (Wildman–Crippen LogP) is 6.01. The van der Waals surface area contributed by atoms with Gasteiger partial charge >= 0.3 is 0 Å². The standard InChI is InChI=1S/C25H27N3O/c1-16-10-12-22(19(4)14-16)27-24(26-21-9-7-6-8-18(21)3)25(29)28-23-13-11-17(2)15-20(23)5/h6-15H,1-5H3,(H,26,27)(H,28,29). The molecule has 148 valence electrons. The molecule has 3 rings (SSSR count). The number of amidine groups is 1. The number of benzene rings is 3. The third-order valence-corrected chi connectivity index (χ3v) is 4.83. The molecule has 0 bridgehead atoms. The molecule has 0 aliphatic carbocycles. The van der Waals surface area contributed by atoms with E-state index < -0.39 is 0 Å². The molecule has 4 heteroatoms. The van der Waals surface area contributed by atoms with Crippen LogP contribution < -0.4 is 10.6 Å². The molecule has 3 aromatic rings. The van der Waals surface area contributed by atoms with Crippen molar-refractivity contribution in [3.05, 3.63) is 88.5 Å². The predicted molar refractivity (Wildman–Crippen MR) is 122 cm³/mol. The van der Waals surface area contributed by atoms with Crippen molar-refractivity contribution >= 4 is 28.8 Å². The molecule has 0 saturated heterocycles. The van der Waals surface area contributed by atoms with Crippen molar-refractivity contribution in [3.8, 4) is 0 Å². The van der Waals surface area contributed by atoms with Crippen LogP contribution in [0.3, 0.4) is 0 Å². The summed E-state index contributed by atoms with van der Waals surface area (Å²) in [5.74, 6) is -0.0218. The molecule has 0 aliphatic rings. The van der Waals surface area contributed by atoms with Crippen LogP contribution in [0.2, 0.25) is 0 Å². The second kappa shape index (κ2) is 8.74. The number of aryl methyl sites for hydroxylation is 5. The van der Waals surface area contributed by atoms with Gasteiger partial charge in [-0.15, -0.1) is 0 Å². The Morgan fingerprint density at radius 3 is 1.97 bits per heavy atom. The molecular formula is C25H27N3O. The topological polar surface area (TPSA) is 53.5 Å². The molecule has 3 aromatic carbocycles. The number of aliphatic imine (C=N–C) groups is 1. The maximum Gasteiger partial charge on any atom is 0.291 e. The summed E-state index contributed by atoms with van der Waals surface area (Å²) in [4.78, 5) is 17.8. The first-order valence-electron chi connectivity index (χ1n) is 9.70. The van der Waals surface area contributed by atoms with E-state index in [0.717, 1.165) is 44.9 Å². The number of nitrogens with one attached hydrogen (secondary N) is 2. The molecule has 0 fully saturated rings. The molecule has 1 amide bonds. The van der Waals surface area contributed by atoms with E-state index in [2.05, 4.69) is 21.7 Å². The number of para-hydroxylation sites is 1. The lowest BCUT2D eigenvalue weighted by Gasteiger charge is -2.14. The van der Waals surface area contributed by atoms with E-state index in [9.17, 15) is 4.79 Å². The van der Waals surface area contributed by atoms with Gasteiger partial charge in [0, 0.05) is 11.4 Å². The summed E-state index contributed by atoms with van der Waals surface area (Å²) in [5, 5.41) is 6.22. The first-order valence-corrected chi connectivity index (χ1v) is 9.70. The van der Waals surface area contributed by atoms with Gasteiger partial charge in [0.15, 0.2) is 5.84 Å². The summed E-state index contributed by atoms with van der Waals surface area (Å²) in [5.41, 5.74) is 7.79. The molecule has 4 nitrogen and oxygen atoms in total. The molecule has 2 N–H and O–H groups in total. The van der Waals surface area contributed by atoms with Gasteiger partial charge in [-0.1, -0.05) is 53.6 Å². The minimum atomic E-state index is -0.278. The van der Waals surface area contributed by atoms with Crippen LogP contribution in [0.25, 0.3) is 0 Å². The number of hydrogen-bond acceptors (Lipinski definition) is 2. The zero-order chi connectivity index (χ0) is 21.0. The van der Waals surface area contributed by atoms with E-state index >= 15 is 0 Å². The third kappa shape index (κ3) is 5.11. The van der Waals surface area contributed by atoms with Gasteiger partial charge in [-0.25, -0.2) is 4.99 Å². The van der Waals surface area contributed by atoms with Crippen molar-refractivity contribution in [3.63, 3.8) is 0 Å². The molecule has 29 heavy (non-hydrogen) atoms. The molecule has 0 heterocycles. The summed E-state index contributed by atoms with van der Waals surface area (Å²) in [6.45, 7) is 10.1. The SMILES string of the molecule is Cc1ccc(N=C(Nc2ccccc2C)C(=O)Nc2ccc(C)cc2C)c(C)c1. The largest absolute Gasteiger partial charge is 0.335 e. The molecule has 0 saturated carbocycles. The average Bonchev–Trinajstić information content (AvgIpc) is 2.67. The van der Waals surface area contributed by atoms with Gasteiger partial charge in [0.1, 0.15) is 0 Å². The first kappa shape index (κ1) is 20.3. The lowest BCUT2D eigenvalue weighted by atomic mass is 10.1. The Morgan fingerprint density at radius 2 is 1.31 bits per heavy atom. The van der Waals surface area contributed by atoms with Gasteiger partial charge in [0.2, 0.25) is 0 Å². The number of hydrogen-bond donors (Lipinski definition) is 2. The summed E-state index contributed by atoms with van der Waals surface area (Å²) in [7, 11) is 0. The van der Waals surface area contributed by atoms with Crippen molar-refractivity contribution < 1.29 is 4.79 Å². The van der Waals surface area contributed by atoms with Crippen molar-refractivity contribution in [1.29, 1.82) is 0 Å². The highest BCUT2D eigenvalue weighted by Crippen LogP contribution is 2.22. The Balaban J connectivity index is 1.98. The van der Waals surface area contributed by atoms with E-state index in [0.29, 0.717) is 0 Å². The highest BCUT2D eigenvalue weighted by Gasteiger charge is 2.15. The minimum Gasteiger partial charge on any atom is -0.335 e. The molecule has 0 radical (unpaired) electrons. The van der Waals surface area contributed by atoms with Crippen LogP contribution in [0.15, 0.2) is 65.7 Å². The normalized spacial score (nSPS) is 11.3. The first-order chi connectivity index (χ1) is 13.8. The number of carbonyl (C=O) groups excluding carboxylic acids is 1. The average molecular weight is 386 g/mol. The lowest BCUT2D eigenvalue weighted by molar-refractivity contribution is -0.110. The van der Waals surface area contributed by atoms with Crippen LogP contribution in [0, 0.1) is 34.6 Å². The quantitative estimate of drug-likeness (QED) is 0.428. The van der Waals surface area contributed by atoms with Crippen molar-refractivity contribution in [2.24, 2.45) is 4.99 Å². The van der Waals surface area contributed by atoms with Crippen molar-refractivity contribution in [1.82, 2.24) is 0 Å². The minimum absolute atomic E-state index is 0.256. The van der Waals surface area contributed by atoms with Crippen LogP contribution >= 0.6 is 0 Å². The zero-order valence-corrected chi connectivity index (χ0v) is 17.6. The number of amides is 1. The molecule has 0 aromatic heterocycles. The van der Waals surface area contributed by atoms with E-state index in [1.54, 1.807) is 0 Å². The van der Waals surface area contributed by atoms with Gasteiger partial charge in [0.25, 0.3) is 5.91 Å². The molecule has 0 spiro atoms. The highest BCUT2D eigenvalue weighted by atomic mass is 16.2. The summed E-state index contributed by atoms with van der Waals surface area (Å²) in [6, 6.07) is 19.8. The van der Waals surface area contributed by atoms with Crippen LogP contribution in [-0.4, -0.2) is 11.7 Å². The maximum absolute atomic E-state index is 13.1. The van der Waals surface area contributed by atoms with Crippen molar-refractivity contribution in [2.45, 2.75) is 34.6 Å². The second-order valence-electron chi connectivity index (χ2n) is 7.46. The van der Waals surface area contributed by atoms with E-state index in [1.165, 1.54) is 0 Å². The second-order valence-corrected chi connectivity index (χ2v) is 7.46. The summed E-state index contributed by atoms with van der Waals surface area (Å²) in [6.07, 6.45) is 0. The molecule has 0 aliphatic heterocycles. The van der Waals surface area contributed by atoms with Gasteiger partial charge in [-0.3, -0.25) is 4.79 Å². The number of carbonyl (C=O) groups is 1. The monoisotopic (exact) mass is 385 g/mol. The van der Waals surface area contributed by atoms with Gasteiger partial charge in [0.05, 0.1) is 5.69 Å². The Labute approximate surface area is 172 Å². The lowest BCUT2D eigenvalue weighted by Crippen LogP contribution is -2.30. The fourth-order valence-corrected chi connectivity index (χ4v) is 3.16. The zero-order valence-electron chi connectivity index (χ0n) is 17.6. The van der Waals surface area contributed by atoms with Crippen molar-refractivity contribution in [2.75, 3.05) is 10.6 Å². The number of rotatable bonds is 3. The molecule has 0 atom stereocenters. The fraction of sp³-hybridized carbons (Fsp3) is 0.200. The summed E-state index contributed by atoms with van der Waals surface area (Å²) >= 11 is 0. The Bertz CT molecular complexity index is 1080. The highest BCUT2D eigenvalue weighted by molar-refractivity contribution is 6.46. The van der Waals surface area contributed by atoms with E-state index in [4.69, 9.17) is 0 Å². The van der Waals surface area contributed by atoms with E-state index in [1.807, 2.05) is 89.2 Å². The smallest absolute Gasteiger partial charge is 0.291 e. The van der Waals surface area contributed by atoms with Gasteiger partial charge in [-0.2, -0.15) is 0 Å². The van der Waals surface area contributed by atoms with Crippen LogP contribution in [0.1, 0.15) is 27.8 Å².